The lowest BCUT2D eigenvalue weighted by Crippen LogP contribution is -2.56. The first kappa shape index (κ1) is 15.3. The van der Waals surface area contributed by atoms with Crippen LogP contribution in [0.15, 0.2) is 24.3 Å². The summed E-state index contributed by atoms with van der Waals surface area (Å²) in [4.78, 5) is 26.9. The fourth-order valence-electron chi connectivity index (χ4n) is 2.42. The van der Waals surface area contributed by atoms with Gasteiger partial charge in [-0.3, -0.25) is 4.90 Å². The molecular formula is C15H20N2O4. The molecular weight excluding hydrogens is 272 g/mol. The molecule has 1 unspecified atom stereocenters. The number of aliphatic carboxylic acids is 1. The van der Waals surface area contributed by atoms with Gasteiger partial charge in [-0.25, -0.2) is 9.59 Å². The van der Waals surface area contributed by atoms with Crippen molar-refractivity contribution in [1.29, 1.82) is 0 Å². The monoisotopic (exact) mass is 292 g/mol. The van der Waals surface area contributed by atoms with Crippen molar-refractivity contribution in [2.75, 3.05) is 31.2 Å². The molecule has 6 heteroatoms. The second-order valence-electron chi connectivity index (χ2n) is 4.99. The topological polar surface area (TPSA) is 70.1 Å². The molecule has 1 aromatic carbocycles. The number of ether oxygens (including phenoxy) is 1. The van der Waals surface area contributed by atoms with Crippen molar-refractivity contribution >= 4 is 17.7 Å². The van der Waals surface area contributed by atoms with E-state index in [1.807, 2.05) is 38.1 Å². The van der Waals surface area contributed by atoms with Crippen LogP contribution in [0.4, 0.5) is 10.5 Å². The Balaban J connectivity index is 2.24. The molecule has 1 aliphatic heterocycles. The molecule has 1 fully saturated rings. The maximum Gasteiger partial charge on any atom is 0.328 e. The summed E-state index contributed by atoms with van der Waals surface area (Å²) in [6.07, 6.45) is 0. The Bertz CT molecular complexity index is 532. The van der Waals surface area contributed by atoms with Crippen LogP contribution in [0.2, 0.25) is 0 Å². The summed E-state index contributed by atoms with van der Waals surface area (Å²) in [5.41, 5.74) is 1.83. The van der Waals surface area contributed by atoms with Gasteiger partial charge in [0.25, 0.3) is 0 Å². The molecule has 2 amide bonds. The molecule has 1 aromatic rings. The van der Waals surface area contributed by atoms with Crippen molar-refractivity contribution in [3.8, 4) is 0 Å². The van der Waals surface area contributed by atoms with Gasteiger partial charge < -0.3 is 14.7 Å². The highest BCUT2D eigenvalue weighted by Gasteiger charge is 2.35. The zero-order valence-electron chi connectivity index (χ0n) is 12.3. The van der Waals surface area contributed by atoms with Crippen LogP contribution in [0.3, 0.4) is 0 Å². The lowest BCUT2D eigenvalue weighted by molar-refractivity contribution is -0.147. The summed E-state index contributed by atoms with van der Waals surface area (Å²) in [7, 11) is 0. The third-order valence-corrected chi connectivity index (χ3v) is 3.52. The summed E-state index contributed by atoms with van der Waals surface area (Å²) in [5, 5.41) is 9.23. The van der Waals surface area contributed by atoms with Crippen LogP contribution >= 0.6 is 0 Å². The van der Waals surface area contributed by atoms with Gasteiger partial charge in [-0.05, 0) is 31.5 Å². The highest BCUT2D eigenvalue weighted by Crippen LogP contribution is 2.19. The highest BCUT2D eigenvalue weighted by molar-refractivity contribution is 5.94. The van der Waals surface area contributed by atoms with Crippen LogP contribution in [0.1, 0.15) is 12.5 Å². The number of urea groups is 1. The van der Waals surface area contributed by atoms with E-state index in [0.717, 1.165) is 11.3 Å². The molecule has 21 heavy (non-hydrogen) atoms. The number of nitrogens with zero attached hydrogens (tertiary/aromatic N) is 2. The predicted molar refractivity (Wildman–Crippen MR) is 78.5 cm³/mol. The Labute approximate surface area is 123 Å². The SMILES string of the molecule is CCN(C(=O)N1CCOCC1C(=O)O)c1cccc(C)c1. The molecule has 1 N–H and O–H groups in total. The van der Waals surface area contributed by atoms with E-state index in [1.165, 1.54) is 4.90 Å². The third kappa shape index (κ3) is 3.33. The second-order valence-corrected chi connectivity index (χ2v) is 4.99. The quantitative estimate of drug-likeness (QED) is 0.921. The van der Waals surface area contributed by atoms with E-state index >= 15 is 0 Å². The summed E-state index contributed by atoms with van der Waals surface area (Å²) in [5.74, 6) is -1.04. The van der Waals surface area contributed by atoms with Crippen LogP contribution in [0.25, 0.3) is 0 Å². The van der Waals surface area contributed by atoms with Gasteiger partial charge >= 0.3 is 12.0 Å². The van der Waals surface area contributed by atoms with E-state index in [9.17, 15) is 14.7 Å². The number of morpholine rings is 1. The molecule has 6 nitrogen and oxygen atoms in total. The van der Waals surface area contributed by atoms with Gasteiger partial charge in [0.1, 0.15) is 0 Å². The first-order valence-corrected chi connectivity index (χ1v) is 7.00. The summed E-state index contributed by atoms with van der Waals surface area (Å²) in [6.45, 7) is 4.99. The molecule has 0 bridgehead atoms. The number of benzene rings is 1. The van der Waals surface area contributed by atoms with Crippen LogP contribution in [-0.4, -0.2) is 54.4 Å². The normalized spacial score (nSPS) is 18.4. The number of hydrogen-bond donors (Lipinski definition) is 1. The Morgan fingerprint density at radius 3 is 2.86 bits per heavy atom. The van der Waals surface area contributed by atoms with Crippen molar-refractivity contribution in [2.45, 2.75) is 19.9 Å². The number of carboxylic acids is 1. The van der Waals surface area contributed by atoms with Gasteiger partial charge in [-0.1, -0.05) is 12.1 Å². The van der Waals surface area contributed by atoms with E-state index in [-0.39, 0.29) is 19.2 Å². The molecule has 0 aromatic heterocycles. The molecule has 1 aliphatic rings. The third-order valence-electron chi connectivity index (χ3n) is 3.52. The standard InChI is InChI=1S/C15H20N2O4/c1-3-16(12-6-4-5-11(2)9-12)15(20)17-7-8-21-10-13(17)14(18)19/h4-6,9,13H,3,7-8,10H2,1-2H3,(H,18,19). The molecule has 114 valence electrons. The van der Waals surface area contributed by atoms with Gasteiger partial charge in [-0.15, -0.1) is 0 Å². The van der Waals surface area contributed by atoms with Crippen molar-refractivity contribution < 1.29 is 19.4 Å². The van der Waals surface area contributed by atoms with Crippen molar-refractivity contribution in [3.05, 3.63) is 29.8 Å². The van der Waals surface area contributed by atoms with Crippen molar-refractivity contribution in [1.82, 2.24) is 4.90 Å². The molecule has 1 atom stereocenters. The molecule has 0 radical (unpaired) electrons. The van der Waals surface area contributed by atoms with Gasteiger partial charge in [0, 0.05) is 18.8 Å². The summed E-state index contributed by atoms with van der Waals surface area (Å²) >= 11 is 0. The maximum absolute atomic E-state index is 12.7. The minimum atomic E-state index is -1.04. The number of aryl methyl sites for hydroxylation is 1. The molecule has 0 spiro atoms. The highest BCUT2D eigenvalue weighted by atomic mass is 16.5. The second kappa shape index (κ2) is 6.58. The fourth-order valence-corrected chi connectivity index (χ4v) is 2.42. The number of carboxylic acid groups (broad SMARTS) is 1. The van der Waals surface area contributed by atoms with E-state index in [1.54, 1.807) is 4.90 Å². The van der Waals surface area contributed by atoms with Gasteiger partial charge in [0.2, 0.25) is 0 Å². The van der Waals surface area contributed by atoms with Gasteiger partial charge in [-0.2, -0.15) is 0 Å². The minimum absolute atomic E-state index is 0.0342. The minimum Gasteiger partial charge on any atom is -0.480 e. The van der Waals surface area contributed by atoms with Crippen LogP contribution in [0, 0.1) is 6.92 Å². The van der Waals surface area contributed by atoms with Crippen LogP contribution in [-0.2, 0) is 9.53 Å². The maximum atomic E-state index is 12.7. The zero-order chi connectivity index (χ0) is 15.4. The number of rotatable bonds is 3. The number of carbonyl (C=O) groups excluding carboxylic acids is 1. The van der Waals surface area contributed by atoms with Gasteiger partial charge in [0.05, 0.1) is 13.2 Å². The van der Waals surface area contributed by atoms with Gasteiger partial charge in [0.15, 0.2) is 6.04 Å². The Kier molecular flexibility index (Phi) is 4.80. The Hall–Kier alpha value is -2.08. The van der Waals surface area contributed by atoms with Crippen molar-refractivity contribution in [2.24, 2.45) is 0 Å². The van der Waals surface area contributed by atoms with E-state index in [0.29, 0.717) is 13.2 Å². The van der Waals surface area contributed by atoms with Crippen LogP contribution in [0.5, 0.6) is 0 Å². The average molecular weight is 292 g/mol. The Morgan fingerprint density at radius 1 is 1.48 bits per heavy atom. The largest absolute Gasteiger partial charge is 0.480 e. The lowest BCUT2D eigenvalue weighted by atomic mass is 10.2. The smallest absolute Gasteiger partial charge is 0.328 e. The fraction of sp³-hybridized carbons (Fsp3) is 0.467. The number of carbonyl (C=O) groups is 2. The van der Waals surface area contributed by atoms with E-state index < -0.39 is 12.0 Å². The average Bonchev–Trinajstić information content (AvgIpc) is 2.48. The van der Waals surface area contributed by atoms with E-state index in [2.05, 4.69) is 0 Å². The predicted octanol–water partition coefficient (Wildman–Crippen LogP) is 1.73. The van der Waals surface area contributed by atoms with E-state index in [4.69, 9.17) is 4.74 Å². The zero-order valence-corrected chi connectivity index (χ0v) is 12.3. The number of hydrogen-bond acceptors (Lipinski definition) is 3. The number of anilines is 1. The molecule has 0 saturated carbocycles. The van der Waals surface area contributed by atoms with Crippen molar-refractivity contribution in [3.63, 3.8) is 0 Å². The number of amides is 2. The first-order valence-electron chi connectivity index (χ1n) is 7.00. The molecule has 0 aliphatic carbocycles. The molecule has 1 heterocycles. The first-order chi connectivity index (χ1) is 10.0. The lowest BCUT2D eigenvalue weighted by Gasteiger charge is -2.36. The molecule has 2 rings (SSSR count). The molecule has 1 saturated heterocycles. The summed E-state index contributed by atoms with van der Waals surface area (Å²) < 4.78 is 5.17. The summed E-state index contributed by atoms with van der Waals surface area (Å²) in [6, 6.07) is 6.39. The van der Waals surface area contributed by atoms with Crippen LogP contribution < -0.4 is 4.90 Å². The Morgan fingerprint density at radius 2 is 2.24 bits per heavy atom.